The Hall–Kier alpha value is -3.22. The normalized spacial score (nSPS) is 10.2. The minimum atomic E-state index is -0.484. The fourth-order valence-electron chi connectivity index (χ4n) is 2.52. The summed E-state index contributed by atoms with van der Waals surface area (Å²) in [6.07, 6.45) is 0.353. The molecule has 142 valence electrons. The molecule has 0 bridgehead atoms. The highest BCUT2D eigenvalue weighted by Gasteiger charge is 2.16. The summed E-state index contributed by atoms with van der Waals surface area (Å²) in [5.74, 6) is -1.48. The number of ether oxygens (including phenoxy) is 1. The molecule has 0 atom stereocenters. The second-order valence-corrected chi connectivity index (χ2v) is 5.83. The average Bonchev–Trinajstić information content (AvgIpc) is 2.67. The Morgan fingerprint density at radius 2 is 1.74 bits per heavy atom. The molecule has 0 aliphatic carbocycles. The van der Waals surface area contributed by atoms with Crippen molar-refractivity contribution in [2.24, 2.45) is 0 Å². The quantitative estimate of drug-likeness (QED) is 0.757. The molecule has 0 unspecified atom stereocenters. The van der Waals surface area contributed by atoms with Crippen molar-refractivity contribution in [1.29, 1.82) is 0 Å². The van der Waals surface area contributed by atoms with E-state index >= 15 is 0 Å². The molecule has 0 aromatic heterocycles. The van der Waals surface area contributed by atoms with Gasteiger partial charge >= 0.3 is 5.97 Å². The van der Waals surface area contributed by atoms with Crippen LogP contribution in [0.25, 0.3) is 0 Å². The standard InChI is InChI=1S/C20H21FN2O4/c1-14(24)23(17-9-7-16(8-10-17)20(26)27-2)13-19(25)22-12-11-15-5-3-4-6-18(15)21/h3-10H,11-13H2,1-2H3,(H,22,25). The summed E-state index contributed by atoms with van der Waals surface area (Å²) in [5, 5.41) is 2.68. The van der Waals surface area contributed by atoms with Gasteiger partial charge < -0.3 is 15.0 Å². The summed E-state index contributed by atoms with van der Waals surface area (Å²) >= 11 is 0. The van der Waals surface area contributed by atoms with Gasteiger partial charge in [0.15, 0.2) is 0 Å². The zero-order chi connectivity index (χ0) is 19.8. The van der Waals surface area contributed by atoms with Gasteiger partial charge in [-0.1, -0.05) is 18.2 Å². The first-order chi connectivity index (χ1) is 12.9. The zero-order valence-corrected chi connectivity index (χ0v) is 15.2. The molecule has 0 fully saturated rings. The van der Waals surface area contributed by atoms with Crippen LogP contribution in [0.1, 0.15) is 22.8 Å². The van der Waals surface area contributed by atoms with Gasteiger partial charge in [0.2, 0.25) is 11.8 Å². The lowest BCUT2D eigenvalue weighted by molar-refractivity contribution is -0.123. The molecule has 0 spiro atoms. The molecule has 2 aromatic carbocycles. The highest BCUT2D eigenvalue weighted by atomic mass is 19.1. The number of nitrogens with one attached hydrogen (secondary N) is 1. The zero-order valence-electron chi connectivity index (χ0n) is 15.2. The smallest absolute Gasteiger partial charge is 0.337 e. The number of nitrogens with zero attached hydrogens (tertiary/aromatic N) is 1. The molecular formula is C20H21FN2O4. The van der Waals surface area contributed by atoms with Crippen LogP contribution in [0.2, 0.25) is 0 Å². The Balaban J connectivity index is 1.95. The number of esters is 1. The lowest BCUT2D eigenvalue weighted by Gasteiger charge is -2.21. The van der Waals surface area contributed by atoms with E-state index in [1.807, 2.05) is 0 Å². The average molecular weight is 372 g/mol. The van der Waals surface area contributed by atoms with E-state index in [1.54, 1.807) is 30.3 Å². The van der Waals surface area contributed by atoms with E-state index in [4.69, 9.17) is 0 Å². The van der Waals surface area contributed by atoms with Crippen LogP contribution in [0.15, 0.2) is 48.5 Å². The van der Waals surface area contributed by atoms with E-state index in [-0.39, 0.29) is 30.7 Å². The minimum absolute atomic E-state index is 0.176. The fourth-order valence-corrected chi connectivity index (χ4v) is 2.52. The number of amides is 2. The predicted octanol–water partition coefficient (Wildman–Crippen LogP) is 2.32. The number of carbonyl (C=O) groups excluding carboxylic acids is 3. The van der Waals surface area contributed by atoms with E-state index < -0.39 is 5.97 Å². The fraction of sp³-hybridized carbons (Fsp3) is 0.250. The summed E-state index contributed by atoms with van der Waals surface area (Å²) in [5.41, 5.74) is 1.35. The van der Waals surface area contributed by atoms with Crippen molar-refractivity contribution >= 4 is 23.5 Å². The number of anilines is 1. The van der Waals surface area contributed by atoms with Crippen molar-refractivity contribution in [3.63, 3.8) is 0 Å². The van der Waals surface area contributed by atoms with E-state index in [0.29, 0.717) is 23.2 Å². The van der Waals surface area contributed by atoms with Gasteiger partial charge in [-0.3, -0.25) is 9.59 Å². The molecule has 2 rings (SSSR count). The summed E-state index contributed by atoms with van der Waals surface area (Å²) < 4.78 is 18.2. The van der Waals surface area contributed by atoms with Crippen LogP contribution in [-0.2, 0) is 20.7 Å². The van der Waals surface area contributed by atoms with Crippen LogP contribution in [0.4, 0.5) is 10.1 Å². The number of carbonyl (C=O) groups is 3. The van der Waals surface area contributed by atoms with E-state index in [1.165, 1.54) is 37.1 Å². The maximum Gasteiger partial charge on any atom is 0.337 e. The van der Waals surface area contributed by atoms with Gasteiger partial charge in [0.05, 0.1) is 12.7 Å². The Morgan fingerprint density at radius 1 is 1.07 bits per heavy atom. The highest BCUT2D eigenvalue weighted by molar-refractivity contribution is 5.98. The SMILES string of the molecule is COC(=O)c1ccc(N(CC(=O)NCCc2ccccc2F)C(C)=O)cc1. The van der Waals surface area contributed by atoms with Crippen molar-refractivity contribution in [2.75, 3.05) is 25.1 Å². The van der Waals surface area contributed by atoms with Crippen LogP contribution in [0.3, 0.4) is 0 Å². The molecule has 2 amide bonds. The monoisotopic (exact) mass is 372 g/mol. The Labute approximate surface area is 156 Å². The number of methoxy groups -OCH3 is 1. The third kappa shape index (κ3) is 5.64. The molecule has 2 aromatic rings. The van der Waals surface area contributed by atoms with Crippen molar-refractivity contribution in [3.8, 4) is 0 Å². The van der Waals surface area contributed by atoms with Crippen molar-refractivity contribution < 1.29 is 23.5 Å². The van der Waals surface area contributed by atoms with Gasteiger partial charge in [-0.2, -0.15) is 0 Å². The number of rotatable bonds is 7. The third-order valence-corrected chi connectivity index (χ3v) is 3.96. The van der Waals surface area contributed by atoms with Crippen LogP contribution < -0.4 is 10.2 Å². The van der Waals surface area contributed by atoms with E-state index in [2.05, 4.69) is 10.1 Å². The number of halogens is 1. The Morgan fingerprint density at radius 3 is 2.33 bits per heavy atom. The van der Waals surface area contributed by atoms with Crippen molar-refractivity contribution in [2.45, 2.75) is 13.3 Å². The maximum absolute atomic E-state index is 13.6. The molecule has 0 saturated heterocycles. The van der Waals surface area contributed by atoms with Gasteiger partial charge in [-0.05, 0) is 42.3 Å². The van der Waals surface area contributed by atoms with Gasteiger partial charge in [0, 0.05) is 19.2 Å². The van der Waals surface area contributed by atoms with Crippen molar-refractivity contribution in [1.82, 2.24) is 5.32 Å². The Kier molecular flexibility index (Phi) is 7.05. The van der Waals surface area contributed by atoms with Gasteiger partial charge in [-0.15, -0.1) is 0 Å². The topological polar surface area (TPSA) is 75.7 Å². The lowest BCUT2D eigenvalue weighted by atomic mass is 10.1. The predicted molar refractivity (Wildman–Crippen MR) is 98.9 cm³/mol. The second-order valence-electron chi connectivity index (χ2n) is 5.83. The maximum atomic E-state index is 13.6. The first-order valence-corrected chi connectivity index (χ1v) is 8.39. The first kappa shape index (κ1) is 20.1. The van der Waals surface area contributed by atoms with Crippen LogP contribution >= 0.6 is 0 Å². The van der Waals surface area contributed by atoms with Gasteiger partial charge in [-0.25, -0.2) is 9.18 Å². The summed E-state index contributed by atoms with van der Waals surface area (Å²) in [6, 6.07) is 12.5. The summed E-state index contributed by atoms with van der Waals surface area (Å²) in [4.78, 5) is 36.8. The van der Waals surface area contributed by atoms with Crippen LogP contribution in [0.5, 0.6) is 0 Å². The minimum Gasteiger partial charge on any atom is -0.465 e. The molecule has 0 aliphatic heterocycles. The number of hydrogen-bond donors (Lipinski definition) is 1. The molecule has 0 saturated carbocycles. The molecular weight excluding hydrogens is 351 g/mol. The second kappa shape index (κ2) is 9.47. The molecule has 0 aliphatic rings. The van der Waals surface area contributed by atoms with E-state index in [0.717, 1.165) is 0 Å². The van der Waals surface area contributed by atoms with Gasteiger partial charge in [0.1, 0.15) is 12.4 Å². The van der Waals surface area contributed by atoms with Gasteiger partial charge in [0.25, 0.3) is 0 Å². The molecule has 7 heteroatoms. The lowest BCUT2D eigenvalue weighted by Crippen LogP contribution is -2.40. The molecule has 27 heavy (non-hydrogen) atoms. The van der Waals surface area contributed by atoms with Crippen molar-refractivity contribution in [3.05, 3.63) is 65.5 Å². The highest BCUT2D eigenvalue weighted by Crippen LogP contribution is 2.16. The van der Waals surface area contributed by atoms with Crippen LogP contribution in [-0.4, -0.2) is 38.0 Å². The number of benzene rings is 2. The summed E-state index contributed by atoms with van der Waals surface area (Å²) in [7, 11) is 1.28. The molecule has 0 radical (unpaired) electrons. The number of hydrogen-bond acceptors (Lipinski definition) is 4. The summed E-state index contributed by atoms with van der Waals surface area (Å²) in [6.45, 7) is 1.43. The molecule has 1 N–H and O–H groups in total. The molecule has 0 heterocycles. The largest absolute Gasteiger partial charge is 0.465 e. The van der Waals surface area contributed by atoms with E-state index in [9.17, 15) is 18.8 Å². The molecule has 6 nitrogen and oxygen atoms in total. The third-order valence-electron chi connectivity index (χ3n) is 3.96. The van der Waals surface area contributed by atoms with Crippen LogP contribution in [0, 0.1) is 5.82 Å². The Bertz CT molecular complexity index is 821. The first-order valence-electron chi connectivity index (χ1n) is 8.39.